The van der Waals surface area contributed by atoms with Gasteiger partial charge >= 0.3 is 0 Å². The predicted octanol–water partition coefficient (Wildman–Crippen LogP) is 1.63. The van der Waals surface area contributed by atoms with E-state index in [1.165, 1.54) is 0 Å². The third kappa shape index (κ3) is 5.13. The lowest BCUT2D eigenvalue weighted by atomic mass is 10.2. The fourth-order valence-electron chi connectivity index (χ4n) is 1.51. The molecule has 1 aromatic carbocycles. The zero-order chi connectivity index (χ0) is 12.7. The van der Waals surface area contributed by atoms with Gasteiger partial charge in [-0.25, -0.2) is 0 Å². The van der Waals surface area contributed by atoms with Gasteiger partial charge in [0.2, 0.25) is 0 Å². The summed E-state index contributed by atoms with van der Waals surface area (Å²) < 4.78 is 5.63. The molecule has 0 aliphatic heterocycles. The first kappa shape index (κ1) is 14.6. The van der Waals surface area contributed by atoms with Crippen molar-refractivity contribution in [3.8, 4) is 5.75 Å². The van der Waals surface area contributed by atoms with E-state index in [9.17, 15) is 0 Å². The molecule has 0 fully saturated rings. The Kier molecular flexibility index (Phi) is 6.66. The summed E-state index contributed by atoms with van der Waals surface area (Å²) in [5.41, 5.74) is 0.946. The quantitative estimate of drug-likeness (QED) is 0.745. The van der Waals surface area contributed by atoms with Crippen molar-refractivity contribution in [3.63, 3.8) is 0 Å². The lowest BCUT2D eigenvalue weighted by molar-refractivity contribution is -0.656. The van der Waals surface area contributed by atoms with Crippen molar-refractivity contribution in [2.24, 2.45) is 0 Å². The zero-order valence-corrected chi connectivity index (χ0v) is 11.4. The average Bonchev–Trinajstić information content (AvgIpc) is 2.26. The molecule has 0 atom stereocenters. The van der Waals surface area contributed by atoms with Crippen LogP contribution in [-0.2, 0) is 0 Å². The molecule has 0 unspecified atom stereocenters. The van der Waals surface area contributed by atoms with Crippen molar-refractivity contribution in [1.29, 1.82) is 0 Å². The minimum atomic E-state index is 0.211. The van der Waals surface area contributed by atoms with Crippen LogP contribution in [0.5, 0.6) is 5.75 Å². The van der Waals surface area contributed by atoms with E-state index >= 15 is 0 Å². The van der Waals surface area contributed by atoms with E-state index in [0.29, 0.717) is 22.4 Å². The fourth-order valence-corrected chi connectivity index (χ4v) is 2.16. The van der Waals surface area contributed by atoms with Crippen LogP contribution in [-0.4, -0.2) is 31.4 Å². The number of nitrogens with two attached hydrogens (primary N) is 1. The average molecular weight is 279 g/mol. The molecule has 17 heavy (non-hydrogen) atoms. The lowest BCUT2D eigenvalue weighted by Crippen LogP contribution is -2.85. The van der Waals surface area contributed by atoms with Crippen molar-refractivity contribution >= 4 is 23.2 Å². The zero-order valence-electron chi connectivity index (χ0n) is 9.88. The number of hydrogen-bond donors (Lipinski definition) is 2. The molecule has 1 aromatic rings. The molecule has 0 aliphatic carbocycles. The van der Waals surface area contributed by atoms with Gasteiger partial charge < -0.3 is 15.2 Å². The molecule has 5 heteroatoms. The van der Waals surface area contributed by atoms with Gasteiger partial charge in [-0.1, -0.05) is 23.2 Å². The van der Waals surface area contributed by atoms with Crippen LogP contribution in [0.25, 0.3) is 0 Å². The molecule has 0 aromatic heterocycles. The van der Waals surface area contributed by atoms with Crippen LogP contribution in [0.1, 0.15) is 12.0 Å². The molecule has 0 amide bonds. The Balaban J connectivity index is 2.36. The van der Waals surface area contributed by atoms with Crippen molar-refractivity contribution in [2.75, 3.05) is 26.3 Å². The molecular formula is C12H18Cl2NO2+. The van der Waals surface area contributed by atoms with Crippen molar-refractivity contribution in [1.82, 2.24) is 0 Å². The Morgan fingerprint density at radius 1 is 1.29 bits per heavy atom. The van der Waals surface area contributed by atoms with Crippen molar-refractivity contribution < 1.29 is 15.2 Å². The van der Waals surface area contributed by atoms with Crippen molar-refractivity contribution in [3.05, 3.63) is 27.7 Å². The SMILES string of the molecule is Cc1cc(Cl)cc(Cl)c1OCCC[NH2+]CCO. The van der Waals surface area contributed by atoms with Gasteiger partial charge in [0.1, 0.15) is 5.75 Å². The Morgan fingerprint density at radius 2 is 2.06 bits per heavy atom. The van der Waals surface area contributed by atoms with Gasteiger partial charge in [0.05, 0.1) is 31.3 Å². The molecule has 3 nitrogen and oxygen atoms in total. The van der Waals surface area contributed by atoms with Crippen LogP contribution in [0.4, 0.5) is 0 Å². The Bertz CT molecular complexity index is 335. The maximum atomic E-state index is 8.61. The monoisotopic (exact) mass is 278 g/mol. The van der Waals surface area contributed by atoms with Gasteiger partial charge in [0.25, 0.3) is 0 Å². The van der Waals surface area contributed by atoms with Gasteiger partial charge in [-0.3, -0.25) is 0 Å². The maximum Gasteiger partial charge on any atom is 0.140 e. The number of quaternary nitrogens is 1. The van der Waals surface area contributed by atoms with Crippen molar-refractivity contribution in [2.45, 2.75) is 13.3 Å². The largest absolute Gasteiger partial charge is 0.492 e. The summed E-state index contributed by atoms with van der Waals surface area (Å²) in [5.74, 6) is 0.707. The number of hydrogen-bond acceptors (Lipinski definition) is 2. The number of ether oxygens (including phenoxy) is 1. The number of benzene rings is 1. The van der Waals surface area contributed by atoms with Crippen LogP contribution in [0, 0.1) is 6.92 Å². The van der Waals surface area contributed by atoms with E-state index in [1.807, 2.05) is 13.0 Å². The normalized spacial score (nSPS) is 10.6. The van der Waals surface area contributed by atoms with Crippen LogP contribution >= 0.6 is 23.2 Å². The van der Waals surface area contributed by atoms with E-state index in [0.717, 1.165) is 25.1 Å². The second-order valence-electron chi connectivity index (χ2n) is 3.83. The highest BCUT2D eigenvalue weighted by atomic mass is 35.5. The molecule has 3 N–H and O–H groups in total. The summed E-state index contributed by atoms with van der Waals surface area (Å²) in [7, 11) is 0. The van der Waals surface area contributed by atoms with E-state index < -0.39 is 0 Å². The molecule has 0 saturated carbocycles. The second-order valence-corrected chi connectivity index (χ2v) is 4.67. The number of aliphatic hydroxyl groups excluding tert-OH is 1. The lowest BCUT2D eigenvalue weighted by Gasteiger charge is -2.11. The highest BCUT2D eigenvalue weighted by Gasteiger charge is 2.07. The Labute approximate surface area is 112 Å². The molecule has 0 saturated heterocycles. The highest BCUT2D eigenvalue weighted by molar-refractivity contribution is 6.35. The summed E-state index contributed by atoms with van der Waals surface area (Å²) in [5, 5.41) is 11.8. The number of aryl methyl sites for hydroxylation is 1. The summed E-state index contributed by atoms with van der Waals surface area (Å²) in [6.07, 6.45) is 0.915. The summed E-state index contributed by atoms with van der Waals surface area (Å²) in [6, 6.07) is 3.52. The molecule has 0 heterocycles. The summed E-state index contributed by atoms with van der Waals surface area (Å²) in [6.45, 7) is 4.42. The van der Waals surface area contributed by atoms with E-state index in [4.69, 9.17) is 33.0 Å². The van der Waals surface area contributed by atoms with E-state index in [1.54, 1.807) is 6.07 Å². The second kappa shape index (κ2) is 7.77. The Hall–Kier alpha value is -0.480. The number of aliphatic hydroxyl groups is 1. The van der Waals surface area contributed by atoms with E-state index in [2.05, 4.69) is 5.32 Å². The van der Waals surface area contributed by atoms with Crippen LogP contribution in [0.2, 0.25) is 10.0 Å². The van der Waals surface area contributed by atoms with Gasteiger partial charge in [-0.15, -0.1) is 0 Å². The predicted molar refractivity (Wildman–Crippen MR) is 70.1 cm³/mol. The smallest absolute Gasteiger partial charge is 0.140 e. The molecule has 0 radical (unpaired) electrons. The molecule has 0 aliphatic rings. The highest BCUT2D eigenvalue weighted by Crippen LogP contribution is 2.31. The first-order valence-corrected chi connectivity index (χ1v) is 6.41. The first-order valence-electron chi connectivity index (χ1n) is 5.66. The topological polar surface area (TPSA) is 46.1 Å². The molecule has 0 spiro atoms. The van der Waals surface area contributed by atoms with Crippen LogP contribution in [0.3, 0.4) is 0 Å². The molecule has 0 bridgehead atoms. The van der Waals surface area contributed by atoms with Crippen LogP contribution < -0.4 is 10.1 Å². The van der Waals surface area contributed by atoms with Gasteiger partial charge in [0, 0.05) is 11.4 Å². The van der Waals surface area contributed by atoms with Crippen LogP contribution in [0.15, 0.2) is 12.1 Å². The van der Waals surface area contributed by atoms with Gasteiger partial charge in [0.15, 0.2) is 0 Å². The summed E-state index contributed by atoms with van der Waals surface area (Å²) in [4.78, 5) is 0. The standard InChI is InChI=1S/C12H17Cl2NO2/c1-9-7-10(13)8-11(14)12(9)17-6-2-3-15-4-5-16/h7-8,15-16H,2-6H2,1H3/p+1. The number of rotatable bonds is 7. The third-order valence-electron chi connectivity index (χ3n) is 2.33. The van der Waals surface area contributed by atoms with Gasteiger partial charge in [-0.2, -0.15) is 0 Å². The molecule has 96 valence electrons. The first-order chi connectivity index (χ1) is 8.15. The Morgan fingerprint density at radius 3 is 2.71 bits per heavy atom. The minimum Gasteiger partial charge on any atom is -0.492 e. The number of halogens is 2. The molecule has 1 rings (SSSR count). The molecular weight excluding hydrogens is 261 g/mol. The maximum absolute atomic E-state index is 8.61. The van der Waals surface area contributed by atoms with Gasteiger partial charge in [-0.05, 0) is 24.6 Å². The summed E-state index contributed by atoms with van der Waals surface area (Å²) >= 11 is 11.9. The minimum absolute atomic E-state index is 0.211. The van der Waals surface area contributed by atoms with E-state index in [-0.39, 0.29) is 6.61 Å². The third-order valence-corrected chi connectivity index (χ3v) is 2.83. The fraction of sp³-hybridized carbons (Fsp3) is 0.500.